The minimum absolute atomic E-state index is 0.0221. The van der Waals surface area contributed by atoms with Crippen LogP contribution in [-0.2, 0) is 10.2 Å². The van der Waals surface area contributed by atoms with Crippen LogP contribution in [0.2, 0.25) is 0 Å². The molecule has 2 aromatic rings. The van der Waals surface area contributed by atoms with Gasteiger partial charge in [0.25, 0.3) is 0 Å². The first-order valence-electron chi connectivity index (χ1n) is 6.85. The highest BCUT2D eigenvalue weighted by molar-refractivity contribution is 6.06. The highest BCUT2D eigenvalue weighted by atomic mass is 16.4. The number of benzene rings is 1. The first-order valence-corrected chi connectivity index (χ1v) is 6.85. The van der Waals surface area contributed by atoms with E-state index in [9.17, 15) is 4.79 Å². The summed E-state index contributed by atoms with van der Waals surface area (Å²) >= 11 is 0. The van der Waals surface area contributed by atoms with Gasteiger partial charge in [-0.05, 0) is 44.4 Å². The van der Waals surface area contributed by atoms with Crippen molar-refractivity contribution in [2.75, 3.05) is 5.32 Å². The van der Waals surface area contributed by atoms with E-state index in [0.29, 0.717) is 11.8 Å². The summed E-state index contributed by atoms with van der Waals surface area (Å²) in [6.07, 6.45) is 2.27. The molecule has 4 rings (SSSR count). The molecule has 1 aliphatic carbocycles. The molecule has 1 fully saturated rings. The molecule has 1 amide bonds. The smallest absolute Gasteiger partial charge is 0.247 e. The molecule has 1 aliphatic heterocycles. The standard InChI is InChI=1S/C15H15N3O2/c1-15(2)10-6-5-9(7-11(10)16-14(15)19)13-18-17-12(20-13)8-3-4-8/h5-8H,3-4H2,1-2H3,(H,16,19). The third-order valence-corrected chi connectivity index (χ3v) is 4.12. The van der Waals surface area contributed by atoms with Crippen LogP contribution in [0.15, 0.2) is 22.6 Å². The molecule has 0 saturated heterocycles. The van der Waals surface area contributed by atoms with Gasteiger partial charge >= 0.3 is 0 Å². The summed E-state index contributed by atoms with van der Waals surface area (Å²) in [6, 6.07) is 5.81. The van der Waals surface area contributed by atoms with E-state index < -0.39 is 5.41 Å². The first-order chi connectivity index (χ1) is 9.55. The van der Waals surface area contributed by atoms with Crippen molar-refractivity contribution in [2.45, 2.75) is 38.0 Å². The van der Waals surface area contributed by atoms with Crippen molar-refractivity contribution in [2.24, 2.45) is 0 Å². The average molecular weight is 269 g/mol. The zero-order valence-corrected chi connectivity index (χ0v) is 11.4. The van der Waals surface area contributed by atoms with Gasteiger partial charge in [0.2, 0.25) is 17.7 Å². The molecule has 0 spiro atoms. The third-order valence-electron chi connectivity index (χ3n) is 4.12. The maximum Gasteiger partial charge on any atom is 0.247 e. The zero-order chi connectivity index (χ0) is 13.9. The van der Waals surface area contributed by atoms with Gasteiger partial charge in [-0.15, -0.1) is 10.2 Å². The van der Waals surface area contributed by atoms with E-state index in [4.69, 9.17) is 4.42 Å². The van der Waals surface area contributed by atoms with E-state index in [1.807, 2.05) is 32.0 Å². The lowest BCUT2D eigenvalue weighted by molar-refractivity contribution is -0.119. The molecule has 0 atom stereocenters. The summed E-state index contributed by atoms with van der Waals surface area (Å²) in [5, 5.41) is 11.1. The van der Waals surface area contributed by atoms with Crippen LogP contribution < -0.4 is 5.32 Å². The van der Waals surface area contributed by atoms with E-state index in [-0.39, 0.29) is 5.91 Å². The number of amides is 1. The number of anilines is 1. The lowest BCUT2D eigenvalue weighted by Gasteiger charge is -2.14. The van der Waals surface area contributed by atoms with Crippen LogP contribution in [0.4, 0.5) is 5.69 Å². The molecule has 1 N–H and O–H groups in total. The van der Waals surface area contributed by atoms with Crippen LogP contribution in [0.3, 0.4) is 0 Å². The summed E-state index contributed by atoms with van der Waals surface area (Å²) in [4.78, 5) is 11.9. The number of nitrogens with one attached hydrogen (secondary N) is 1. The summed E-state index contributed by atoms with van der Waals surface area (Å²) in [6.45, 7) is 3.84. The van der Waals surface area contributed by atoms with Gasteiger partial charge in [0.1, 0.15) is 0 Å². The van der Waals surface area contributed by atoms with E-state index in [1.165, 1.54) is 0 Å². The Morgan fingerprint density at radius 3 is 2.85 bits per heavy atom. The van der Waals surface area contributed by atoms with Crippen LogP contribution in [0.25, 0.3) is 11.5 Å². The Kier molecular flexibility index (Phi) is 2.14. The second kappa shape index (κ2) is 3.69. The highest BCUT2D eigenvalue weighted by Gasteiger charge is 2.38. The zero-order valence-electron chi connectivity index (χ0n) is 11.4. The monoisotopic (exact) mass is 269 g/mol. The topological polar surface area (TPSA) is 68.0 Å². The Hall–Kier alpha value is -2.17. The molecule has 2 heterocycles. The van der Waals surface area contributed by atoms with Gasteiger partial charge < -0.3 is 9.73 Å². The number of fused-ring (bicyclic) bond motifs is 1. The van der Waals surface area contributed by atoms with Crippen molar-refractivity contribution in [3.8, 4) is 11.5 Å². The minimum atomic E-state index is -0.484. The lowest BCUT2D eigenvalue weighted by Crippen LogP contribution is -2.26. The Morgan fingerprint density at radius 1 is 1.30 bits per heavy atom. The molecule has 0 bridgehead atoms. The average Bonchev–Trinajstić information content (AvgIpc) is 3.10. The quantitative estimate of drug-likeness (QED) is 0.910. The van der Waals surface area contributed by atoms with Crippen LogP contribution in [-0.4, -0.2) is 16.1 Å². The Balaban J connectivity index is 1.74. The number of rotatable bonds is 2. The first kappa shape index (κ1) is 11.6. The molecule has 20 heavy (non-hydrogen) atoms. The largest absolute Gasteiger partial charge is 0.420 e. The molecular formula is C15H15N3O2. The summed E-state index contributed by atoms with van der Waals surface area (Å²) < 4.78 is 5.70. The molecule has 0 unspecified atom stereocenters. The van der Waals surface area contributed by atoms with Crippen LogP contribution in [0.5, 0.6) is 0 Å². The van der Waals surface area contributed by atoms with Gasteiger partial charge in [-0.25, -0.2) is 0 Å². The molecular weight excluding hydrogens is 254 g/mol. The van der Waals surface area contributed by atoms with E-state index in [0.717, 1.165) is 35.5 Å². The fourth-order valence-corrected chi connectivity index (χ4v) is 2.57. The number of nitrogens with zero attached hydrogens (tertiary/aromatic N) is 2. The number of hydrogen-bond donors (Lipinski definition) is 1. The van der Waals surface area contributed by atoms with Gasteiger partial charge in [0.05, 0.1) is 5.41 Å². The number of aromatic nitrogens is 2. The van der Waals surface area contributed by atoms with Gasteiger partial charge in [0.15, 0.2) is 0 Å². The normalized spacial score (nSPS) is 19.8. The fraction of sp³-hybridized carbons (Fsp3) is 0.400. The van der Waals surface area contributed by atoms with Crippen molar-refractivity contribution in [3.63, 3.8) is 0 Å². The number of carbonyl (C=O) groups excluding carboxylic acids is 1. The maximum atomic E-state index is 11.9. The molecule has 1 aromatic heterocycles. The lowest BCUT2D eigenvalue weighted by atomic mass is 9.86. The van der Waals surface area contributed by atoms with Gasteiger partial charge in [-0.3, -0.25) is 4.79 Å². The molecule has 5 heteroatoms. The van der Waals surface area contributed by atoms with Crippen molar-refractivity contribution >= 4 is 11.6 Å². The predicted octanol–water partition coefficient (Wildman–Crippen LogP) is 2.84. The molecule has 2 aliphatic rings. The van der Waals surface area contributed by atoms with E-state index >= 15 is 0 Å². The molecule has 102 valence electrons. The second-order valence-corrected chi connectivity index (χ2v) is 6.06. The predicted molar refractivity (Wildman–Crippen MR) is 73.4 cm³/mol. The van der Waals surface area contributed by atoms with Crippen LogP contribution in [0, 0.1) is 0 Å². The Bertz CT molecular complexity index is 714. The van der Waals surface area contributed by atoms with E-state index in [2.05, 4.69) is 15.5 Å². The SMILES string of the molecule is CC1(C)C(=O)Nc2cc(-c3nnc(C4CC4)o3)ccc21. The summed E-state index contributed by atoms with van der Waals surface area (Å²) in [7, 11) is 0. The third kappa shape index (κ3) is 1.59. The molecule has 1 aromatic carbocycles. The van der Waals surface area contributed by atoms with Gasteiger partial charge in [0, 0.05) is 17.2 Å². The molecule has 0 radical (unpaired) electrons. The molecule has 5 nitrogen and oxygen atoms in total. The Labute approximate surface area is 116 Å². The minimum Gasteiger partial charge on any atom is -0.420 e. The summed E-state index contributed by atoms with van der Waals surface area (Å²) in [5.74, 6) is 1.72. The number of hydrogen-bond acceptors (Lipinski definition) is 4. The maximum absolute atomic E-state index is 11.9. The second-order valence-electron chi connectivity index (χ2n) is 6.06. The van der Waals surface area contributed by atoms with Crippen LogP contribution in [0.1, 0.15) is 44.1 Å². The van der Waals surface area contributed by atoms with Crippen molar-refractivity contribution < 1.29 is 9.21 Å². The highest BCUT2D eigenvalue weighted by Crippen LogP contribution is 2.41. The van der Waals surface area contributed by atoms with Crippen molar-refractivity contribution in [1.82, 2.24) is 10.2 Å². The number of carbonyl (C=O) groups is 1. The summed E-state index contributed by atoms with van der Waals surface area (Å²) in [5.41, 5.74) is 2.21. The van der Waals surface area contributed by atoms with Crippen LogP contribution >= 0.6 is 0 Å². The van der Waals surface area contributed by atoms with Crippen molar-refractivity contribution in [1.29, 1.82) is 0 Å². The van der Waals surface area contributed by atoms with Gasteiger partial charge in [-0.1, -0.05) is 6.07 Å². The fourth-order valence-electron chi connectivity index (χ4n) is 2.57. The van der Waals surface area contributed by atoms with E-state index in [1.54, 1.807) is 0 Å². The molecule has 1 saturated carbocycles. The Morgan fingerprint density at radius 2 is 2.10 bits per heavy atom. The van der Waals surface area contributed by atoms with Crippen molar-refractivity contribution in [3.05, 3.63) is 29.7 Å². The van der Waals surface area contributed by atoms with Gasteiger partial charge in [-0.2, -0.15) is 0 Å².